The molecule has 8 aromatic carbocycles. The van der Waals surface area contributed by atoms with Crippen molar-refractivity contribution in [3.8, 4) is 11.5 Å². The average molecular weight is 2030 g/mol. The molecule has 2 heterocycles. The number of aromatic nitrogens is 1. The van der Waals surface area contributed by atoms with Crippen molar-refractivity contribution in [1.82, 2.24) is 74.1 Å². The van der Waals surface area contributed by atoms with Crippen LogP contribution in [0.4, 0.5) is 0 Å². The Kier molecular flexibility index (Phi) is 43.2. The number of aromatic amines is 1. The van der Waals surface area contributed by atoms with Gasteiger partial charge in [-0.05, 0) is 134 Å². The number of unbranched alkanes of at least 4 members (excludes halogenated alkanes) is 2. The van der Waals surface area contributed by atoms with Gasteiger partial charge >= 0.3 is 17.9 Å². The van der Waals surface area contributed by atoms with E-state index in [-0.39, 0.29) is 88.4 Å². The number of amides is 14. The van der Waals surface area contributed by atoms with Crippen LogP contribution in [0, 0.1) is 0 Å². The van der Waals surface area contributed by atoms with Crippen LogP contribution in [0.25, 0.3) is 32.4 Å². The maximum atomic E-state index is 15.4. The molecule has 45 heteroatoms. The van der Waals surface area contributed by atoms with E-state index in [0.717, 1.165) is 35.4 Å². The maximum Gasteiger partial charge on any atom is 0.339 e. The van der Waals surface area contributed by atoms with E-state index in [9.17, 15) is 108 Å². The van der Waals surface area contributed by atoms with Crippen molar-refractivity contribution in [3.63, 3.8) is 0 Å². The Hall–Kier alpha value is -15.1. The van der Waals surface area contributed by atoms with Crippen molar-refractivity contribution in [1.29, 1.82) is 0 Å². The summed E-state index contributed by atoms with van der Waals surface area (Å²) in [7, 11) is 1.49. The zero-order chi connectivity index (χ0) is 105. The van der Waals surface area contributed by atoms with Crippen LogP contribution in [0.5, 0.6) is 11.5 Å². The fourth-order valence-electron chi connectivity index (χ4n) is 15.6. The monoisotopic (exact) mass is 2020 g/mol. The van der Waals surface area contributed by atoms with E-state index >= 15 is 14.4 Å². The molecule has 43 nitrogen and oxygen atoms in total. The number of carbonyl (C=O) groups excluding carboxylic acids is 14. The number of phenols is 2. The predicted molar refractivity (Wildman–Crippen MR) is 533 cm³/mol. The lowest BCUT2D eigenvalue weighted by Gasteiger charge is -2.29. The summed E-state index contributed by atoms with van der Waals surface area (Å²) in [5.41, 5.74) is 25.7. The summed E-state index contributed by atoms with van der Waals surface area (Å²) in [5, 5.41) is 119. The number of carboxylic acid groups (broad SMARTS) is 3. The normalized spacial score (nSPS) is 21.2. The minimum absolute atomic E-state index is 0.0407. The van der Waals surface area contributed by atoms with Gasteiger partial charge in [0.15, 0.2) is 0 Å². The fraction of sp³-hybridized carbons (Fsp3) is 0.364. The predicted octanol–water partition coefficient (Wildman–Crippen LogP) is -0.522. The Balaban J connectivity index is 0.000000671. The van der Waals surface area contributed by atoms with E-state index in [1.54, 1.807) is 170 Å². The van der Waals surface area contributed by atoms with Crippen LogP contribution in [0.2, 0.25) is 0 Å². The molecule has 0 aliphatic carbocycles. The van der Waals surface area contributed by atoms with E-state index in [0.29, 0.717) is 72.2 Å². The first-order valence-electron chi connectivity index (χ1n) is 46.2. The quantitative estimate of drug-likeness (QED) is 0.0199. The van der Waals surface area contributed by atoms with Crippen molar-refractivity contribution in [2.45, 2.75) is 189 Å². The lowest BCUT2D eigenvalue weighted by molar-refractivity contribution is -0.142. The van der Waals surface area contributed by atoms with Crippen LogP contribution in [0.3, 0.4) is 0 Å². The summed E-state index contributed by atoms with van der Waals surface area (Å²) >= 11 is 0. The van der Waals surface area contributed by atoms with Crippen LogP contribution >= 0.6 is 21.6 Å². The van der Waals surface area contributed by atoms with E-state index in [1.807, 2.05) is 0 Å². The number of rotatable bonds is 30. The minimum atomic E-state index is -1.99. The maximum absolute atomic E-state index is 15.4. The van der Waals surface area contributed by atoms with Crippen LogP contribution in [0.15, 0.2) is 182 Å². The molecule has 10 rings (SSSR count). The molecule has 0 bridgehead atoms. The smallest absolute Gasteiger partial charge is 0.339 e. The molecule has 1 aliphatic heterocycles. The van der Waals surface area contributed by atoms with Gasteiger partial charge in [-0.15, -0.1) is 0 Å². The lowest BCUT2D eigenvalue weighted by Crippen LogP contribution is -2.63. The third-order valence-corrected chi connectivity index (χ3v) is 25.8. The summed E-state index contributed by atoms with van der Waals surface area (Å²) in [6.07, 6.45) is -3.52. The third-order valence-electron chi connectivity index (χ3n) is 23.3. The number of fused-ring (bicyclic) bond motifs is 3. The van der Waals surface area contributed by atoms with Crippen LogP contribution in [-0.2, 0) is 104 Å². The number of aromatic carboxylic acids is 2. The van der Waals surface area contributed by atoms with Gasteiger partial charge in [0.05, 0.1) is 37.8 Å². The number of aromatic hydroxyl groups is 2. The van der Waals surface area contributed by atoms with Crippen molar-refractivity contribution >= 4 is 155 Å². The molecule has 1 saturated heterocycles. The Morgan fingerprint density at radius 2 is 0.799 bits per heavy atom. The second-order valence-electron chi connectivity index (χ2n) is 34.3. The molecule has 1 fully saturated rings. The number of carbonyl (C=O) groups is 17. The summed E-state index contributed by atoms with van der Waals surface area (Å²) in [5.74, 6) is -21.1. The number of primary amides is 1. The third kappa shape index (κ3) is 33.0. The molecule has 9 aromatic rings. The van der Waals surface area contributed by atoms with Crippen LogP contribution in [0.1, 0.15) is 120 Å². The van der Waals surface area contributed by atoms with Gasteiger partial charge in [-0.25, -0.2) is 14.4 Å². The topological polar surface area (TPSA) is 728 Å². The van der Waals surface area contributed by atoms with Gasteiger partial charge in [-0.3, -0.25) is 67.1 Å². The number of hydrogen-bond donors (Lipinski definition) is 26. The second kappa shape index (κ2) is 55.3. The Bertz CT molecular complexity index is 5960. The summed E-state index contributed by atoms with van der Waals surface area (Å²) < 4.78 is 0. The molecule has 0 saturated carbocycles. The highest BCUT2D eigenvalue weighted by Crippen LogP contribution is 2.39. The average Bonchev–Trinajstić information content (AvgIpc) is 0.876. The number of nitrogens with one attached hydrogen (secondary N) is 14. The first kappa shape index (κ1) is 112. The van der Waals surface area contributed by atoms with Crippen molar-refractivity contribution in [3.05, 3.63) is 227 Å². The summed E-state index contributed by atoms with van der Waals surface area (Å²) in [4.78, 5) is 240. The van der Waals surface area contributed by atoms with E-state index in [1.165, 1.54) is 19.1 Å². The molecule has 14 amide bonds. The number of aliphatic carboxylic acids is 1. The van der Waals surface area contributed by atoms with Gasteiger partial charge in [-0.1, -0.05) is 179 Å². The van der Waals surface area contributed by atoms with Crippen molar-refractivity contribution in [2.75, 3.05) is 37.7 Å². The molecular formula is C99H120N18O25S2. The number of aliphatic hydroxyl groups is 3. The standard InChI is InChI=1S/C76H104N18O19S2.C23H16O6/c1-41(79)64(100)82-37-61(99)83-58-39-114-115-40-59(76(112)113)92-72(108)57(38-95)91-75(111)63(43(3)97)94-71(107)54(33-46-23-11-6-12-24-46)90-74(110)62(42(2)96)93-66(102)51(28-16-18-30-78)84-69(105)55(34-47-36-81-49-26-14-13-25-48(47)49)88-68(104)53(32-45-21-9-5-10-22-45)86-67(103)52(31-44-19-7-4-8-20-44)87-70(106)56(35-60(80)98)89-65(101)50(85-73(58)109)27-15-17-29-77;24-20-16(14-7-3-1-5-12(14)9-18(20)22(26)27)11-17-15-8-4-2-6-13(15)10-19(21(17)25)23(28)29/h4-14,19-26,36,41-43,50-59,62-63,81,95-97H,15-18,27-35,37-40,77-79H2,1-3H3,(H2,80,98)(H,82,100)(H,83,99)(H,84,105)(H,85,109)(H,86,103)(H,87,106)(H,88,104)(H,89,101)(H,90,110)(H,91,111)(H,92,108)(H,93,102)(H,94,107)(H,112,113);1-10,24-25H,11H2,(H,26,27)(H,28,29)/t41-,42?,43?,50-,51-,52-,53-,54-,55-,56-,57-,58-,59-,62-,63-;/m0./s1. The molecule has 0 radical (unpaired) electrons. The van der Waals surface area contributed by atoms with Crippen LogP contribution < -0.4 is 92.1 Å². The van der Waals surface area contributed by atoms with Crippen LogP contribution in [-0.4, -0.2) is 275 Å². The highest BCUT2D eigenvalue weighted by Gasteiger charge is 2.41. The highest BCUT2D eigenvalue weighted by molar-refractivity contribution is 8.76. The zero-order valence-electron chi connectivity index (χ0n) is 78.9. The Morgan fingerprint density at radius 3 is 1.23 bits per heavy atom. The summed E-state index contributed by atoms with van der Waals surface area (Å²) in [6.45, 7) is 1.88. The molecule has 768 valence electrons. The SMILES string of the molecule is CC(O)[C@@H]1NC(=O)[C@H](Cc2ccccc2)NC(=O)[C@H](C(C)O)NC(=O)[C@H](CCCCN)NC(=O)[C@H](Cc2c[nH]c3ccccc23)NC(=O)[C@H](Cc2ccccc2)NC(=O)[C@H](Cc2ccccc2)NC(=O)[C@H](CC(N)=O)NC(=O)[C@H](CCCCN)NC(=O)[C@@H](NC(=O)CNC(=O)[C@H](C)N)CSSC[C@@H](C(=O)O)NC(=O)[C@H](CO)NC1=O.O=C(O)c1cc2ccccc2c(Cc2c(O)c(C(=O)O)cc3ccccc23)c1O. The molecule has 15 atom stereocenters. The first-order chi connectivity index (χ1) is 68.8. The van der Waals surface area contributed by atoms with Gasteiger partial charge in [0.2, 0.25) is 82.7 Å². The van der Waals surface area contributed by atoms with E-state index < -0.39 is 234 Å². The molecule has 1 aliphatic rings. The van der Waals surface area contributed by atoms with Gasteiger partial charge in [0.25, 0.3) is 0 Å². The number of para-hydroxylation sites is 1. The Labute approximate surface area is 834 Å². The molecule has 0 spiro atoms. The molecule has 30 N–H and O–H groups in total. The number of hydrogen-bond acceptors (Lipinski definition) is 27. The number of nitrogens with two attached hydrogens (primary N) is 4. The zero-order valence-corrected chi connectivity index (χ0v) is 80.5. The lowest BCUT2D eigenvalue weighted by atomic mass is 9.90. The van der Waals surface area contributed by atoms with Crippen molar-refractivity contribution < 1.29 is 122 Å². The van der Waals surface area contributed by atoms with E-state index in [4.69, 9.17) is 22.9 Å². The molecular weight excluding hydrogens is 1910 g/mol. The fourth-order valence-corrected chi connectivity index (χ4v) is 17.9. The van der Waals surface area contributed by atoms with Crippen molar-refractivity contribution in [2.24, 2.45) is 22.9 Å². The van der Waals surface area contributed by atoms with Gasteiger partial charge in [0, 0.05) is 71.8 Å². The van der Waals surface area contributed by atoms with Gasteiger partial charge in [0.1, 0.15) is 95.1 Å². The largest absolute Gasteiger partial charge is 0.507 e. The molecule has 144 heavy (non-hydrogen) atoms. The van der Waals surface area contributed by atoms with E-state index in [2.05, 4.69) is 74.1 Å². The first-order valence-corrected chi connectivity index (χ1v) is 48.7. The molecule has 1 aromatic heterocycles. The van der Waals surface area contributed by atoms with Gasteiger partial charge in [-0.2, -0.15) is 0 Å². The summed E-state index contributed by atoms with van der Waals surface area (Å²) in [6, 6.07) is 26.4. The Morgan fingerprint density at radius 1 is 0.431 bits per heavy atom. The minimum Gasteiger partial charge on any atom is -0.507 e. The van der Waals surface area contributed by atoms with Gasteiger partial charge < -0.3 is 138 Å². The number of H-pyrrole nitrogens is 1. The highest BCUT2D eigenvalue weighted by atomic mass is 33.1. The second-order valence-corrected chi connectivity index (χ2v) is 36.9. The number of carboxylic acids is 3. The molecule has 2 unspecified atom stereocenters. The number of aliphatic hydroxyl groups excluding tert-OH is 3. The number of benzene rings is 8.